The minimum absolute atomic E-state index is 0.256. The Morgan fingerprint density at radius 3 is 2.96 bits per heavy atom. The molecule has 2 heterocycles. The van der Waals surface area contributed by atoms with Crippen LogP contribution in [0.4, 0.5) is 4.39 Å². The average molecular weight is 318 g/mol. The van der Waals surface area contributed by atoms with Gasteiger partial charge in [0.25, 0.3) is 5.89 Å². The molecule has 1 aromatic heterocycles. The van der Waals surface area contributed by atoms with Crippen molar-refractivity contribution in [3.63, 3.8) is 0 Å². The molecule has 1 atom stereocenters. The third-order valence-electron chi connectivity index (χ3n) is 3.76. The van der Waals surface area contributed by atoms with Crippen LogP contribution in [0.25, 0.3) is 6.08 Å². The zero-order chi connectivity index (χ0) is 16.1. The third kappa shape index (κ3) is 3.48. The third-order valence-corrected chi connectivity index (χ3v) is 3.76. The first-order valence-electron chi connectivity index (χ1n) is 7.69. The molecule has 1 unspecified atom stereocenters. The van der Waals surface area contributed by atoms with E-state index in [1.165, 1.54) is 6.07 Å². The van der Waals surface area contributed by atoms with E-state index in [1.807, 2.05) is 6.92 Å². The molecule has 1 fully saturated rings. The van der Waals surface area contributed by atoms with E-state index in [4.69, 9.17) is 13.9 Å². The van der Waals surface area contributed by atoms with E-state index in [-0.39, 0.29) is 5.82 Å². The Balaban J connectivity index is 1.69. The van der Waals surface area contributed by atoms with Gasteiger partial charge in [-0.25, -0.2) is 4.39 Å². The lowest BCUT2D eigenvalue weighted by atomic mass is 10.0. The monoisotopic (exact) mass is 318 g/mol. The predicted molar refractivity (Wildman–Crippen MR) is 82.2 cm³/mol. The van der Waals surface area contributed by atoms with Crippen LogP contribution in [0, 0.1) is 5.82 Å². The van der Waals surface area contributed by atoms with E-state index < -0.39 is 5.60 Å². The van der Waals surface area contributed by atoms with Crippen molar-refractivity contribution in [3.8, 4) is 0 Å². The van der Waals surface area contributed by atoms with Gasteiger partial charge in [0, 0.05) is 25.0 Å². The number of aromatic nitrogens is 2. The molecule has 0 aliphatic carbocycles. The van der Waals surface area contributed by atoms with Gasteiger partial charge in [0.15, 0.2) is 5.60 Å². The Kier molecular flexibility index (Phi) is 4.83. The van der Waals surface area contributed by atoms with Crippen molar-refractivity contribution in [2.24, 2.45) is 0 Å². The molecule has 1 aliphatic heterocycles. The van der Waals surface area contributed by atoms with Gasteiger partial charge in [0.1, 0.15) is 5.82 Å². The Hall–Kier alpha value is -2.05. The van der Waals surface area contributed by atoms with Gasteiger partial charge in [0.2, 0.25) is 5.89 Å². The summed E-state index contributed by atoms with van der Waals surface area (Å²) in [5, 5.41) is 8.15. The zero-order valence-electron chi connectivity index (χ0n) is 13.0. The smallest absolute Gasteiger partial charge is 0.250 e. The van der Waals surface area contributed by atoms with Crippen molar-refractivity contribution in [1.82, 2.24) is 10.2 Å². The van der Waals surface area contributed by atoms with Gasteiger partial charge in [-0.2, -0.15) is 0 Å². The Bertz CT molecular complexity index is 678. The number of allylic oxidation sites excluding steroid dienone is 1. The summed E-state index contributed by atoms with van der Waals surface area (Å²) in [6.45, 7) is 3.52. The number of halogens is 1. The maximum Gasteiger partial charge on any atom is 0.250 e. The number of ether oxygens (including phenoxy) is 2. The van der Waals surface area contributed by atoms with Crippen molar-refractivity contribution >= 4 is 6.08 Å². The molecule has 6 heteroatoms. The van der Waals surface area contributed by atoms with Crippen molar-refractivity contribution < 1.29 is 18.3 Å². The maximum atomic E-state index is 13.5. The highest BCUT2D eigenvalue weighted by atomic mass is 19.1. The lowest BCUT2D eigenvalue weighted by Gasteiger charge is -2.22. The Labute approximate surface area is 134 Å². The van der Waals surface area contributed by atoms with Crippen LogP contribution in [-0.4, -0.2) is 30.0 Å². The van der Waals surface area contributed by atoms with E-state index in [0.29, 0.717) is 50.0 Å². The number of hydrogen-bond donors (Lipinski definition) is 0. The average Bonchev–Trinajstić information content (AvgIpc) is 3.20. The minimum atomic E-state index is -0.630. The summed E-state index contributed by atoms with van der Waals surface area (Å²) in [7, 11) is 0. The van der Waals surface area contributed by atoms with Crippen LogP contribution in [0.15, 0.2) is 34.8 Å². The van der Waals surface area contributed by atoms with Gasteiger partial charge in [-0.1, -0.05) is 30.4 Å². The summed E-state index contributed by atoms with van der Waals surface area (Å²) >= 11 is 0. The second-order valence-corrected chi connectivity index (χ2v) is 5.36. The molecule has 0 radical (unpaired) electrons. The highest BCUT2D eigenvalue weighted by molar-refractivity contribution is 5.49. The lowest BCUT2D eigenvalue weighted by molar-refractivity contribution is -0.0664. The highest BCUT2D eigenvalue weighted by Gasteiger charge is 2.42. The number of hydrogen-bond acceptors (Lipinski definition) is 5. The highest BCUT2D eigenvalue weighted by Crippen LogP contribution is 2.33. The van der Waals surface area contributed by atoms with Crippen molar-refractivity contribution in [2.45, 2.75) is 25.4 Å². The second kappa shape index (κ2) is 7.02. The molecule has 0 saturated carbocycles. The fourth-order valence-electron chi connectivity index (χ4n) is 2.58. The van der Waals surface area contributed by atoms with Crippen molar-refractivity contribution in [1.29, 1.82) is 0 Å². The summed E-state index contributed by atoms with van der Waals surface area (Å²) in [6, 6.07) is 6.59. The molecule has 1 saturated heterocycles. The molecule has 1 aliphatic rings. The molecule has 0 N–H and O–H groups in total. The summed E-state index contributed by atoms with van der Waals surface area (Å²) in [6.07, 6.45) is 4.64. The van der Waals surface area contributed by atoms with E-state index in [0.717, 1.165) is 0 Å². The molecule has 0 spiro atoms. The molecule has 23 heavy (non-hydrogen) atoms. The topological polar surface area (TPSA) is 57.4 Å². The molecule has 5 nitrogen and oxygen atoms in total. The van der Waals surface area contributed by atoms with Crippen LogP contribution >= 0.6 is 0 Å². The molecular weight excluding hydrogens is 299 g/mol. The second-order valence-electron chi connectivity index (χ2n) is 5.36. The summed E-state index contributed by atoms with van der Waals surface area (Å²) in [5.41, 5.74) is -0.0999. The van der Waals surface area contributed by atoms with Gasteiger partial charge in [-0.15, -0.1) is 10.2 Å². The first-order chi connectivity index (χ1) is 11.2. The summed E-state index contributed by atoms with van der Waals surface area (Å²) in [5.74, 6) is 0.665. The molecule has 0 amide bonds. The first-order valence-corrected chi connectivity index (χ1v) is 7.69. The molecule has 3 rings (SSSR count). The standard InChI is InChI=1S/C17H19FN2O3/c1-2-22-17(10-11-21-12-17)16-20-19-15(23-16)9-5-7-13-6-3-4-8-14(13)18/h3-8H,2,9-12H2,1H3/b7-5+. The molecule has 122 valence electrons. The van der Waals surface area contributed by atoms with Crippen LogP contribution < -0.4 is 0 Å². The van der Waals surface area contributed by atoms with E-state index >= 15 is 0 Å². The zero-order valence-corrected chi connectivity index (χ0v) is 13.0. The van der Waals surface area contributed by atoms with Gasteiger partial charge in [-0.3, -0.25) is 0 Å². The molecule has 0 bridgehead atoms. The SMILES string of the molecule is CCOC1(c2nnc(C/C=C/c3ccccc3F)o2)CCOC1. The lowest BCUT2D eigenvalue weighted by Crippen LogP contribution is -2.30. The molecular formula is C17H19FN2O3. The van der Waals surface area contributed by atoms with E-state index in [1.54, 1.807) is 30.4 Å². The Morgan fingerprint density at radius 1 is 1.35 bits per heavy atom. The largest absolute Gasteiger partial charge is 0.422 e. The van der Waals surface area contributed by atoms with Gasteiger partial charge in [0.05, 0.1) is 13.2 Å². The van der Waals surface area contributed by atoms with E-state index in [2.05, 4.69) is 10.2 Å². The number of benzene rings is 1. The fraction of sp³-hybridized carbons (Fsp3) is 0.412. The molecule has 1 aromatic carbocycles. The van der Waals surface area contributed by atoms with Crippen molar-refractivity contribution in [3.05, 3.63) is 53.5 Å². The van der Waals surface area contributed by atoms with Gasteiger partial charge < -0.3 is 13.9 Å². The van der Waals surface area contributed by atoms with Crippen LogP contribution in [0.2, 0.25) is 0 Å². The fourth-order valence-corrected chi connectivity index (χ4v) is 2.58. The predicted octanol–water partition coefficient (Wildman–Crippen LogP) is 3.12. The van der Waals surface area contributed by atoms with E-state index in [9.17, 15) is 4.39 Å². The van der Waals surface area contributed by atoms with Crippen LogP contribution in [0.1, 0.15) is 30.7 Å². The number of nitrogens with zero attached hydrogens (tertiary/aromatic N) is 2. The summed E-state index contributed by atoms with van der Waals surface area (Å²) in [4.78, 5) is 0. The Morgan fingerprint density at radius 2 is 2.22 bits per heavy atom. The normalized spacial score (nSPS) is 21.3. The summed E-state index contributed by atoms with van der Waals surface area (Å²) < 4.78 is 30.5. The minimum Gasteiger partial charge on any atom is -0.422 e. The molecule has 2 aromatic rings. The quantitative estimate of drug-likeness (QED) is 0.819. The maximum absolute atomic E-state index is 13.5. The van der Waals surface area contributed by atoms with Crippen LogP contribution in [-0.2, 0) is 21.5 Å². The number of rotatable bonds is 6. The van der Waals surface area contributed by atoms with Crippen LogP contribution in [0.5, 0.6) is 0 Å². The van der Waals surface area contributed by atoms with Crippen molar-refractivity contribution in [2.75, 3.05) is 19.8 Å². The van der Waals surface area contributed by atoms with Gasteiger partial charge in [-0.05, 0) is 13.0 Å². The first kappa shape index (κ1) is 15.8. The van der Waals surface area contributed by atoms with Crippen LogP contribution in [0.3, 0.4) is 0 Å². The van der Waals surface area contributed by atoms with Gasteiger partial charge >= 0.3 is 0 Å².